The molecule has 3 rings (SSSR count). The SMILES string of the molecule is CC(C)(C)OC(=O)N1CCN(C(=O)C2CC(=O)N(c3cccc(Cl)c3)C2)CC1. The number of carbonyl (C=O) groups excluding carboxylic acids is 3. The molecule has 2 saturated heterocycles. The lowest BCUT2D eigenvalue weighted by Gasteiger charge is -2.36. The average Bonchev–Trinajstić information content (AvgIpc) is 3.01. The van der Waals surface area contributed by atoms with Crippen molar-refractivity contribution < 1.29 is 19.1 Å². The van der Waals surface area contributed by atoms with E-state index in [-0.39, 0.29) is 30.2 Å². The maximum absolute atomic E-state index is 12.9. The zero-order valence-electron chi connectivity index (χ0n) is 16.5. The fourth-order valence-corrected chi connectivity index (χ4v) is 3.65. The van der Waals surface area contributed by atoms with Crippen molar-refractivity contribution in [1.29, 1.82) is 0 Å². The molecule has 8 heteroatoms. The maximum atomic E-state index is 12.9. The van der Waals surface area contributed by atoms with Gasteiger partial charge in [-0.05, 0) is 39.0 Å². The van der Waals surface area contributed by atoms with Gasteiger partial charge in [0.05, 0.1) is 5.92 Å². The third-order valence-electron chi connectivity index (χ3n) is 4.84. The smallest absolute Gasteiger partial charge is 0.410 e. The van der Waals surface area contributed by atoms with E-state index in [1.54, 1.807) is 32.9 Å². The molecule has 0 radical (unpaired) electrons. The second-order valence-corrected chi connectivity index (χ2v) is 8.61. The van der Waals surface area contributed by atoms with Crippen molar-refractivity contribution in [2.75, 3.05) is 37.6 Å². The summed E-state index contributed by atoms with van der Waals surface area (Å²) >= 11 is 6.02. The van der Waals surface area contributed by atoms with Gasteiger partial charge in [-0.3, -0.25) is 9.59 Å². The van der Waals surface area contributed by atoms with Gasteiger partial charge in [0.15, 0.2) is 0 Å². The van der Waals surface area contributed by atoms with E-state index in [2.05, 4.69) is 0 Å². The Hall–Kier alpha value is -2.28. The van der Waals surface area contributed by atoms with E-state index in [1.165, 1.54) is 0 Å². The van der Waals surface area contributed by atoms with Crippen LogP contribution in [-0.4, -0.2) is 66.0 Å². The molecule has 28 heavy (non-hydrogen) atoms. The lowest BCUT2D eigenvalue weighted by atomic mass is 10.1. The first-order chi connectivity index (χ1) is 13.1. The number of piperazine rings is 1. The number of hydrogen-bond acceptors (Lipinski definition) is 4. The number of amides is 3. The third kappa shape index (κ3) is 4.76. The van der Waals surface area contributed by atoms with Gasteiger partial charge in [0.2, 0.25) is 11.8 Å². The van der Waals surface area contributed by atoms with Crippen LogP contribution >= 0.6 is 11.6 Å². The summed E-state index contributed by atoms with van der Waals surface area (Å²) in [7, 11) is 0. The standard InChI is InChI=1S/C20H26ClN3O4/c1-20(2,3)28-19(27)23-9-7-22(8-10-23)18(26)14-11-17(25)24(13-14)16-6-4-5-15(21)12-16/h4-6,12,14H,7-11,13H2,1-3H3. The normalized spacial score (nSPS) is 20.5. The molecule has 0 aliphatic carbocycles. The highest BCUT2D eigenvalue weighted by Crippen LogP contribution is 2.28. The van der Waals surface area contributed by atoms with Crippen LogP contribution in [0.4, 0.5) is 10.5 Å². The minimum atomic E-state index is -0.544. The predicted octanol–water partition coefficient (Wildman–Crippen LogP) is 2.77. The lowest BCUT2D eigenvalue weighted by Crippen LogP contribution is -2.53. The molecule has 2 fully saturated rings. The molecule has 1 atom stereocenters. The van der Waals surface area contributed by atoms with Crippen LogP contribution in [0.5, 0.6) is 0 Å². The predicted molar refractivity (Wildman–Crippen MR) is 106 cm³/mol. The van der Waals surface area contributed by atoms with Crippen LogP contribution < -0.4 is 4.90 Å². The van der Waals surface area contributed by atoms with Gasteiger partial charge in [-0.25, -0.2) is 4.79 Å². The monoisotopic (exact) mass is 407 g/mol. The van der Waals surface area contributed by atoms with Crippen LogP contribution in [0.3, 0.4) is 0 Å². The molecule has 1 aromatic carbocycles. The Morgan fingerprint density at radius 2 is 1.75 bits per heavy atom. The highest BCUT2D eigenvalue weighted by atomic mass is 35.5. The van der Waals surface area contributed by atoms with Crippen LogP contribution in [-0.2, 0) is 14.3 Å². The van der Waals surface area contributed by atoms with Gasteiger partial charge in [-0.1, -0.05) is 17.7 Å². The number of anilines is 1. The summed E-state index contributed by atoms with van der Waals surface area (Å²) < 4.78 is 5.38. The van der Waals surface area contributed by atoms with Crippen molar-refractivity contribution in [3.63, 3.8) is 0 Å². The Bertz CT molecular complexity index is 769. The van der Waals surface area contributed by atoms with Gasteiger partial charge < -0.3 is 19.4 Å². The van der Waals surface area contributed by atoms with Crippen LogP contribution in [0.1, 0.15) is 27.2 Å². The Morgan fingerprint density at radius 1 is 1.11 bits per heavy atom. The molecule has 0 bridgehead atoms. The molecule has 7 nitrogen and oxygen atoms in total. The highest BCUT2D eigenvalue weighted by Gasteiger charge is 2.38. The molecule has 1 unspecified atom stereocenters. The Balaban J connectivity index is 1.56. The number of rotatable bonds is 2. The molecule has 0 saturated carbocycles. The van der Waals surface area contributed by atoms with E-state index in [0.717, 1.165) is 0 Å². The average molecular weight is 408 g/mol. The molecular weight excluding hydrogens is 382 g/mol. The second kappa shape index (κ2) is 7.99. The number of halogens is 1. The molecule has 2 heterocycles. The van der Waals surface area contributed by atoms with E-state index in [1.807, 2.05) is 26.8 Å². The topological polar surface area (TPSA) is 70.2 Å². The van der Waals surface area contributed by atoms with Crippen molar-refractivity contribution >= 4 is 35.2 Å². The van der Waals surface area contributed by atoms with E-state index in [0.29, 0.717) is 43.4 Å². The molecule has 3 amide bonds. The van der Waals surface area contributed by atoms with Gasteiger partial charge in [-0.15, -0.1) is 0 Å². The van der Waals surface area contributed by atoms with Crippen LogP contribution in [0.15, 0.2) is 24.3 Å². The molecular formula is C20H26ClN3O4. The van der Waals surface area contributed by atoms with Crippen molar-refractivity contribution in [1.82, 2.24) is 9.80 Å². The van der Waals surface area contributed by atoms with E-state index >= 15 is 0 Å². The summed E-state index contributed by atoms with van der Waals surface area (Å²) in [6.45, 7) is 7.58. The first-order valence-electron chi connectivity index (χ1n) is 9.47. The number of hydrogen-bond donors (Lipinski definition) is 0. The quantitative estimate of drug-likeness (QED) is 0.755. The first-order valence-corrected chi connectivity index (χ1v) is 9.84. The van der Waals surface area contributed by atoms with Gasteiger partial charge >= 0.3 is 6.09 Å². The fraction of sp³-hybridized carbons (Fsp3) is 0.550. The van der Waals surface area contributed by atoms with Gasteiger partial charge in [0.1, 0.15) is 5.60 Å². The van der Waals surface area contributed by atoms with Crippen molar-refractivity contribution in [3.8, 4) is 0 Å². The van der Waals surface area contributed by atoms with Crippen LogP contribution in [0.2, 0.25) is 5.02 Å². The van der Waals surface area contributed by atoms with Gasteiger partial charge in [0, 0.05) is 49.9 Å². The molecule has 0 N–H and O–H groups in total. The minimum absolute atomic E-state index is 0.0401. The van der Waals surface area contributed by atoms with E-state index in [4.69, 9.17) is 16.3 Å². The zero-order valence-corrected chi connectivity index (χ0v) is 17.2. The maximum Gasteiger partial charge on any atom is 0.410 e. The van der Waals surface area contributed by atoms with Crippen molar-refractivity contribution in [2.24, 2.45) is 5.92 Å². The summed E-state index contributed by atoms with van der Waals surface area (Å²) in [6.07, 6.45) is -0.166. The summed E-state index contributed by atoms with van der Waals surface area (Å²) in [6, 6.07) is 7.08. The lowest BCUT2D eigenvalue weighted by molar-refractivity contribution is -0.137. The molecule has 2 aliphatic heterocycles. The molecule has 2 aliphatic rings. The number of benzene rings is 1. The van der Waals surface area contributed by atoms with E-state index < -0.39 is 5.60 Å². The summed E-state index contributed by atoms with van der Waals surface area (Å²) in [5, 5.41) is 0.554. The van der Waals surface area contributed by atoms with Gasteiger partial charge in [-0.2, -0.15) is 0 Å². The third-order valence-corrected chi connectivity index (χ3v) is 5.07. The number of carbonyl (C=O) groups is 3. The highest BCUT2D eigenvalue weighted by molar-refractivity contribution is 6.31. The summed E-state index contributed by atoms with van der Waals surface area (Å²) in [5.41, 5.74) is 0.167. The number of ether oxygens (including phenoxy) is 1. The largest absolute Gasteiger partial charge is 0.444 e. The Kier molecular flexibility index (Phi) is 5.84. The van der Waals surface area contributed by atoms with Gasteiger partial charge in [0.25, 0.3) is 0 Å². The fourth-order valence-electron chi connectivity index (χ4n) is 3.46. The first kappa shape index (κ1) is 20.5. The molecule has 1 aromatic rings. The molecule has 0 spiro atoms. The van der Waals surface area contributed by atoms with Crippen molar-refractivity contribution in [3.05, 3.63) is 29.3 Å². The zero-order chi connectivity index (χ0) is 20.5. The van der Waals surface area contributed by atoms with E-state index in [9.17, 15) is 14.4 Å². The summed E-state index contributed by atoms with van der Waals surface area (Å²) in [4.78, 5) is 42.4. The van der Waals surface area contributed by atoms with Crippen LogP contribution in [0.25, 0.3) is 0 Å². The Morgan fingerprint density at radius 3 is 2.36 bits per heavy atom. The summed E-state index contributed by atoms with van der Waals surface area (Å²) in [5.74, 6) is -0.491. The van der Waals surface area contributed by atoms with Crippen LogP contribution in [0, 0.1) is 5.92 Å². The number of nitrogens with zero attached hydrogens (tertiary/aromatic N) is 3. The van der Waals surface area contributed by atoms with Crippen molar-refractivity contribution in [2.45, 2.75) is 32.8 Å². The molecule has 0 aromatic heterocycles. The second-order valence-electron chi connectivity index (χ2n) is 8.18. The Labute approximate surface area is 170 Å². The minimum Gasteiger partial charge on any atom is -0.444 e. The molecule has 152 valence electrons.